The van der Waals surface area contributed by atoms with Gasteiger partial charge in [-0.1, -0.05) is 12.1 Å². The van der Waals surface area contributed by atoms with Crippen molar-refractivity contribution in [2.24, 2.45) is 0 Å². The normalized spacial score (nSPS) is 10.4. The summed E-state index contributed by atoms with van der Waals surface area (Å²) in [4.78, 5) is 0. The highest BCUT2D eigenvalue weighted by atomic mass is 19.2. The zero-order valence-electron chi connectivity index (χ0n) is 9.91. The van der Waals surface area contributed by atoms with E-state index < -0.39 is 11.6 Å². The van der Waals surface area contributed by atoms with Crippen molar-refractivity contribution >= 4 is 5.69 Å². The van der Waals surface area contributed by atoms with Gasteiger partial charge in [-0.3, -0.25) is 0 Å². The molecule has 0 aliphatic carbocycles. The van der Waals surface area contributed by atoms with Gasteiger partial charge >= 0.3 is 0 Å². The summed E-state index contributed by atoms with van der Waals surface area (Å²) in [6, 6.07) is 9.60. The molecule has 94 valence electrons. The Morgan fingerprint density at radius 3 is 2.28 bits per heavy atom. The van der Waals surface area contributed by atoms with Crippen LogP contribution < -0.4 is 10.5 Å². The number of halogens is 2. The lowest BCUT2D eigenvalue weighted by Crippen LogP contribution is -1.97. The Bertz CT molecular complexity index is 552. The molecule has 0 spiro atoms. The maximum absolute atomic E-state index is 13.7. The standard InChI is InChI=1S/C14H13F2NO/c1-2-18-10-5-3-9(4-6-10)11-7-8-12(17)14(16)13(11)15/h3-8H,2,17H2,1H3. The predicted octanol–water partition coefficient (Wildman–Crippen LogP) is 3.61. The van der Waals surface area contributed by atoms with Crippen LogP contribution >= 0.6 is 0 Å². The Labute approximate surface area is 104 Å². The summed E-state index contributed by atoms with van der Waals surface area (Å²) in [5.41, 5.74) is 5.87. The van der Waals surface area contributed by atoms with Crippen molar-refractivity contribution in [2.75, 3.05) is 12.3 Å². The van der Waals surface area contributed by atoms with Gasteiger partial charge < -0.3 is 10.5 Å². The predicted molar refractivity (Wildman–Crippen MR) is 67.4 cm³/mol. The molecule has 0 radical (unpaired) electrons. The van der Waals surface area contributed by atoms with Gasteiger partial charge in [-0.2, -0.15) is 0 Å². The van der Waals surface area contributed by atoms with Crippen molar-refractivity contribution < 1.29 is 13.5 Å². The maximum atomic E-state index is 13.7. The van der Waals surface area contributed by atoms with Gasteiger partial charge in [-0.05, 0) is 36.8 Å². The van der Waals surface area contributed by atoms with Crippen molar-refractivity contribution in [3.05, 3.63) is 48.0 Å². The lowest BCUT2D eigenvalue weighted by atomic mass is 10.0. The molecule has 0 bridgehead atoms. The number of hydrogen-bond acceptors (Lipinski definition) is 2. The van der Waals surface area contributed by atoms with E-state index in [-0.39, 0.29) is 11.3 Å². The molecule has 2 N–H and O–H groups in total. The SMILES string of the molecule is CCOc1ccc(-c2ccc(N)c(F)c2F)cc1. The molecule has 0 aliphatic heterocycles. The van der Waals surface area contributed by atoms with Gasteiger partial charge in [0, 0.05) is 5.56 Å². The Morgan fingerprint density at radius 2 is 1.67 bits per heavy atom. The van der Waals surface area contributed by atoms with Crippen LogP contribution in [0.3, 0.4) is 0 Å². The Balaban J connectivity index is 2.40. The van der Waals surface area contributed by atoms with Gasteiger partial charge in [-0.25, -0.2) is 8.78 Å². The molecule has 0 unspecified atom stereocenters. The topological polar surface area (TPSA) is 35.2 Å². The summed E-state index contributed by atoms with van der Waals surface area (Å²) in [5.74, 6) is -1.25. The van der Waals surface area contributed by atoms with E-state index in [9.17, 15) is 8.78 Å². The van der Waals surface area contributed by atoms with Crippen molar-refractivity contribution in [3.8, 4) is 16.9 Å². The van der Waals surface area contributed by atoms with Crippen molar-refractivity contribution in [1.29, 1.82) is 0 Å². The van der Waals surface area contributed by atoms with E-state index in [2.05, 4.69) is 0 Å². The Hall–Kier alpha value is -2.10. The Kier molecular flexibility index (Phi) is 3.46. The molecular weight excluding hydrogens is 236 g/mol. The molecule has 0 fully saturated rings. The van der Waals surface area contributed by atoms with Crippen LogP contribution in [0.15, 0.2) is 36.4 Å². The average Bonchev–Trinajstić information content (AvgIpc) is 2.38. The van der Waals surface area contributed by atoms with Crippen molar-refractivity contribution in [1.82, 2.24) is 0 Å². The van der Waals surface area contributed by atoms with Gasteiger partial charge in [0.05, 0.1) is 12.3 Å². The first-order valence-corrected chi connectivity index (χ1v) is 5.60. The van der Waals surface area contributed by atoms with Crippen LogP contribution in [0.2, 0.25) is 0 Å². The number of nitrogen functional groups attached to an aromatic ring is 1. The summed E-state index contributed by atoms with van der Waals surface area (Å²) < 4.78 is 32.3. The maximum Gasteiger partial charge on any atom is 0.182 e. The van der Waals surface area contributed by atoms with E-state index in [1.165, 1.54) is 12.1 Å². The number of rotatable bonds is 3. The third kappa shape index (κ3) is 2.27. The van der Waals surface area contributed by atoms with Crippen LogP contribution in [0.25, 0.3) is 11.1 Å². The number of ether oxygens (including phenoxy) is 1. The smallest absolute Gasteiger partial charge is 0.182 e. The third-order valence-electron chi connectivity index (χ3n) is 2.59. The van der Waals surface area contributed by atoms with E-state index in [1.807, 2.05) is 6.92 Å². The summed E-state index contributed by atoms with van der Waals surface area (Å²) in [7, 11) is 0. The Morgan fingerprint density at radius 1 is 1.00 bits per heavy atom. The van der Waals surface area contributed by atoms with E-state index in [0.29, 0.717) is 17.9 Å². The number of anilines is 1. The highest BCUT2D eigenvalue weighted by Gasteiger charge is 2.12. The highest BCUT2D eigenvalue weighted by molar-refractivity contribution is 5.67. The fourth-order valence-corrected chi connectivity index (χ4v) is 1.68. The van der Waals surface area contributed by atoms with Gasteiger partial charge in [0.15, 0.2) is 11.6 Å². The molecule has 0 atom stereocenters. The van der Waals surface area contributed by atoms with Gasteiger partial charge in [0.25, 0.3) is 0 Å². The van der Waals surface area contributed by atoms with Crippen molar-refractivity contribution in [3.63, 3.8) is 0 Å². The molecule has 18 heavy (non-hydrogen) atoms. The first-order valence-electron chi connectivity index (χ1n) is 5.60. The number of benzene rings is 2. The molecule has 2 nitrogen and oxygen atoms in total. The van der Waals surface area contributed by atoms with E-state index >= 15 is 0 Å². The minimum atomic E-state index is -1.01. The summed E-state index contributed by atoms with van der Waals surface area (Å²) in [6.45, 7) is 2.44. The monoisotopic (exact) mass is 249 g/mol. The largest absolute Gasteiger partial charge is 0.494 e. The zero-order chi connectivity index (χ0) is 13.1. The second-order valence-corrected chi connectivity index (χ2v) is 3.79. The molecule has 2 rings (SSSR count). The van der Waals surface area contributed by atoms with Crippen LogP contribution in [0.1, 0.15) is 6.92 Å². The molecule has 0 aromatic heterocycles. The van der Waals surface area contributed by atoms with E-state index in [1.54, 1.807) is 24.3 Å². The average molecular weight is 249 g/mol. The third-order valence-corrected chi connectivity index (χ3v) is 2.59. The quantitative estimate of drug-likeness (QED) is 0.843. The number of nitrogens with two attached hydrogens (primary N) is 1. The minimum Gasteiger partial charge on any atom is -0.494 e. The van der Waals surface area contributed by atoms with Crippen molar-refractivity contribution in [2.45, 2.75) is 6.92 Å². The van der Waals surface area contributed by atoms with Gasteiger partial charge in [-0.15, -0.1) is 0 Å². The molecule has 0 heterocycles. The van der Waals surface area contributed by atoms with Crippen LogP contribution in [-0.2, 0) is 0 Å². The first-order chi connectivity index (χ1) is 8.63. The van der Waals surface area contributed by atoms with Crippen LogP contribution in [-0.4, -0.2) is 6.61 Å². The molecule has 0 saturated carbocycles. The summed E-state index contributed by atoms with van der Waals surface area (Å²) in [6.07, 6.45) is 0. The molecule has 0 saturated heterocycles. The molecule has 4 heteroatoms. The second-order valence-electron chi connectivity index (χ2n) is 3.79. The van der Waals surface area contributed by atoms with Crippen LogP contribution in [0, 0.1) is 11.6 Å². The lowest BCUT2D eigenvalue weighted by molar-refractivity contribution is 0.340. The fourth-order valence-electron chi connectivity index (χ4n) is 1.68. The summed E-state index contributed by atoms with van der Waals surface area (Å²) in [5, 5.41) is 0. The molecular formula is C14H13F2NO. The van der Waals surface area contributed by atoms with Gasteiger partial charge in [0.1, 0.15) is 5.75 Å². The highest BCUT2D eigenvalue weighted by Crippen LogP contribution is 2.28. The lowest BCUT2D eigenvalue weighted by Gasteiger charge is -2.07. The van der Waals surface area contributed by atoms with Crippen LogP contribution in [0.4, 0.5) is 14.5 Å². The van der Waals surface area contributed by atoms with Gasteiger partial charge in [0.2, 0.25) is 0 Å². The van der Waals surface area contributed by atoms with Crippen LogP contribution in [0.5, 0.6) is 5.75 Å². The fraction of sp³-hybridized carbons (Fsp3) is 0.143. The number of hydrogen-bond donors (Lipinski definition) is 1. The van der Waals surface area contributed by atoms with E-state index in [4.69, 9.17) is 10.5 Å². The minimum absolute atomic E-state index is 0.185. The molecule has 2 aromatic rings. The molecule has 2 aromatic carbocycles. The zero-order valence-corrected chi connectivity index (χ0v) is 9.91. The summed E-state index contributed by atoms with van der Waals surface area (Å²) >= 11 is 0. The second kappa shape index (κ2) is 5.04. The molecule has 0 aliphatic rings. The van der Waals surface area contributed by atoms with E-state index in [0.717, 1.165) is 0 Å². The molecule has 0 amide bonds. The first kappa shape index (κ1) is 12.4.